The highest BCUT2D eigenvalue weighted by Crippen LogP contribution is 2.42. The number of benzene rings is 2. The summed E-state index contributed by atoms with van der Waals surface area (Å²) in [5.74, 6) is 1.12. The Labute approximate surface area is 143 Å². The molecule has 0 amide bonds. The van der Waals surface area contributed by atoms with Crippen LogP contribution < -0.4 is 4.74 Å². The van der Waals surface area contributed by atoms with Crippen LogP contribution in [-0.4, -0.2) is 16.3 Å². The summed E-state index contributed by atoms with van der Waals surface area (Å²) in [7, 11) is 0. The number of phenols is 2. The van der Waals surface area contributed by atoms with E-state index in [1.54, 1.807) is 24.3 Å². The highest BCUT2D eigenvalue weighted by molar-refractivity contribution is 5.95. The van der Waals surface area contributed by atoms with Gasteiger partial charge in [-0.05, 0) is 42.3 Å². The van der Waals surface area contributed by atoms with Gasteiger partial charge in [-0.3, -0.25) is 0 Å². The zero-order valence-electron chi connectivity index (χ0n) is 14.4. The standard InChI is InChI=1S/C19H18O3.C2H6/c1-3-4-17-19(13-5-7-14(20)8-6-13)12(2)16-10-9-15(21)11-18(16)22-17;1-2/h3,5-11,17,20-21H,1,4H2,2H3;1-2H3/t17-;/m0./s1. The number of fused-ring (bicyclic) bond motifs is 1. The number of rotatable bonds is 3. The van der Waals surface area contributed by atoms with Crippen LogP contribution in [0.1, 0.15) is 38.3 Å². The van der Waals surface area contributed by atoms with E-state index in [9.17, 15) is 10.2 Å². The predicted molar refractivity (Wildman–Crippen MR) is 99.3 cm³/mol. The minimum atomic E-state index is -0.156. The van der Waals surface area contributed by atoms with Crippen molar-refractivity contribution in [2.45, 2.75) is 33.3 Å². The normalized spacial score (nSPS) is 15.7. The first-order valence-corrected chi connectivity index (χ1v) is 8.21. The second kappa shape index (κ2) is 7.73. The lowest BCUT2D eigenvalue weighted by molar-refractivity contribution is 0.256. The maximum Gasteiger partial charge on any atom is 0.131 e. The molecular weight excluding hydrogens is 300 g/mol. The summed E-state index contributed by atoms with van der Waals surface area (Å²) in [5.41, 5.74) is 4.18. The van der Waals surface area contributed by atoms with Gasteiger partial charge in [-0.2, -0.15) is 0 Å². The molecule has 0 bridgehead atoms. The van der Waals surface area contributed by atoms with Gasteiger partial charge in [0, 0.05) is 23.6 Å². The number of hydrogen-bond acceptors (Lipinski definition) is 3. The average Bonchev–Trinajstić information content (AvgIpc) is 2.58. The molecule has 0 aliphatic carbocycles. The van der Waals surface area contributed by atoms with E-state index in [-0.39, 0.29) is 17.6 Å². The molecule has 2 aromatic rings. The molecule has 24 heavy (non-hydrogen) atoms. The van der Waals surface area contributed by atoms with E-state index in [0.29, 0.717) is 12.2 Å². The van der Waals surface area contributed by atoms with Crippen LogP contribution in [0.15, 0.2) is 55.1 Å². The molecule has 126 valence electrons. The molecule has 3 heteroatoms. The maximum atomic E-state index is 9.66. The van der Waals surface area contributed by atoms with E-state index >= 15 is 0 Å². The van der Waals surface area contributed by atoms with Crippen LogP contribution in [-0.2, 0) is 0 Å². The molecule has 0 saturated heterocycles. The summed E-state index contributed by atoms with van der Waals surface area (Å²) in [6, 6.07) is 12.3. The monoisotopic (exact) mass is 324 g/mol. The molecule has 0 spiro atoms. The van der Waals surface area contributed by atoms with Gasteiger partial charge in [-0.25, -0.2) is 0 Å². The second-order valence-corrected chi connectivity index (χ2v) is 5.40. The summed E-state index contributed by atoms with van der Waals surface area (Å²) in [5, 5.41) is 19.1. The fourth-order valence-corrected chi connectivity index (χ4v) is 2.88. The summed E-state index contributed by atoms with van der Waals surface area (Å²) in [4.78, 5) is 0. The van der Waals surface area contributed by atoms with Crippen LogP contribution >= 0.6 is 0 Å². The SMILES string of the molecule is C=CC[C@@H]1Oc2cc(O)ccc2C(C)=C1c1ccc(O)cc1.CC. The predicted octanol–water partition coefficient (Wildman–Crippen LogP) is 5.39. The van der Waals surface area contributed by atoms with Crippen molar-refractivity contribution in [1.82, 2.24) is 0 Å². The summed E-state index contributed by atoms with van der Waals surface area (Å²) < 4.78 is 6.07. The lowest BCUT2D eigenvalue weighted by Gasteiger charge is -2.30. The van der Waals surface area contributed by atoms with Crippen LogP contribution in [0.5, 0.6) is 17.2 Å². The quantitative estimate of drug-likeness (QED) is 0.744. The molecule has 1 aliphatic rings. The zero-order valence-corrected chi connectivity index (χ0v) is 14.4. The molecule has 1 aliphatic heterocycles. The summed E-state index contributed by atoms with van der Waals surface area (Å²) >= 11 is 0. The van der Waals surface area contributed by atoms with Gasteiger partial charge in [0.05, 0.1) is 0 Å². The largest absolute Gasteiger partial charge is 0.508 e. The van der Waals surface area contributed by atoms with E-state index in [1.807, 2.05) is 38.1 Å². The Bertz CT molecular complexity index is 742. The van der Waals surface area contributed by atoms with Gasteiger partial charge in [0.2, 0.25) is 0 Å². The number of phenolic OH excluding ortho intramolecular Hbond substituents is 2. The Kier molecular flexibility index (Phi) is 5.69. The van der Waals surface area contributed by atoms with Gasteiger partial charge in [0.15, 0.2) is 0 Å². The van der Waals surface area contributed by atoms with E-state index in [2.05, 4.69) is 13.5 Å². The topological polar surface area (TPSA) is 49.7 Å². The molecule has 2 N–H and O–H groups in total. The lowest BCUT2D eigenvalue weighted by atomic mass is 9.88. The van der Waals surface area contributed by atoms with Crippen LogP contribution in [0.25, 0.3) is 11.1 Å². The number of allylic oxidation sites excluding steroid dienone is 1. The highest BCUT2D eigenvalue weighted by atomic mass is 16.5. The van der Waals surface area contributed by atoms with Crippen LogP contribution in [0.2, 0.25) is 0 Å². The third kappa shape index (κ3) is 3.46. The van der Waals surface area contributed by atoms with E-state index in [4.69, 9.17) is 4.74 Å². The smallest absolute Gasteiger partial charge is 0.131 e. The van der Waals surface area contributed by atoms with Gasteiger partial charge in [-0.1, -0.05) is 32.1 Å². The average molecular weight is 324 g/mol. The molecule has 3 nitrogen and oxygen atoms in total. The Morgan fingerprint density at radius 3 is 2.29 bits per heavy atom. The third-order valence-electron chi connectivity index (χ3n) is 3.92. The van der Waals surface area contributed by atoms with Crippen molar-refractivity contribution >= 4 is 11.1 Å². The first-order chi connectivity index (χ1) is 11.6. The molecule has 0 fully saturated rings. The van der Waals surface area contributed by atoms with Gasteiger partial charge in [0.1, 0.15) is 23.4 Å². The molecule has 1 heterocycles. The number of ether oxygens (including phenoxy) is 1. The maximum absolute atomic E-state index is 9.66. The molecule has 0 saturated carbocycles. The number of hydrogen-bond donors (Lipinski definition) is 2. The highest BCUT2D eigenvalue weighted by Gasteiger charge is 2.27. The first-order valence-electron chi connectivity index (χ1n) is 8.21. The zero-order chi connectivity index (χ0) is 17.7. The van der Waals surface area contributed by atoms with Crippen molar-refractivity contribution in [3.05, 3.63) is 66.2 Å². The number of aromatic hydroxyl groups is 2. The second-order valence-electron chi connectivity index (χ2n) is 5.40. The Balaban J connectivity index is 0.00000100. The lowest BCUT2D eigenvalue weighted by Crippen LogP contribution is -2.23. The fraction of sp³-hybridized carbons (Fsp3) is 0.238. The molecule has 0 radical (unpaired) electrons. The van der Waals surface area contributed by atoms with Crippen LogP contribution in [0, 0.1) is 0 Å². The summed E-state index contributed by atoms with van der Waals surface area (Å²) in [6.45, 7) is 9.86. The Morgan fingerprint density at radius 2 is 1.67 bits per heavy atom. The molecule has 2 aromatic carbocycles. The first kappa shape index (κ1) is 17.7. The fourth-order valence-electron chi connectivity index (χ4n) is 2.88. The van der Waals surface area contributed by atoms with E-state index in [0.717, 1.165) is 22.3 Å². The minimum absolute atomic E-state index is 0.156. The summed E-state index contributed by atoms with van der Waals surface area (Å²) in [6.07, 6.45) is 2.34. The molecule has 1 atom stereocenters. The Morgan fingerprint density at radius 1 is 1.04 bits per heavy atom. The molecule has 0 unspecified atom stereocenters. The van der Waals surface area contributed by atoms with E-state index < -0.39 is 0 Å². The molecular formula is C21H24O3. The van der Waals surface area contributed by atoms with Crippen molar-refractivity contribution < 1.29 is 14.9 Å². The van der Waals surface area contributed by atoms with Gasteiger partial charge in [0.25, 0.3) is 0 Å². The van der Waals surface area contributed by atoms with Crippen molar-refractivity contribution in [2.75, 3.05) is 0 Å². The van der Waals surface area contributed by atoms with Gasteiger partial charge in [-0.15, -0.1) is 6.58 Å². The third-order valence-corrected chi connectivity index (χ3v) is 3.92. The van der Waals surface area contributed by atoms with E-state index in [1.165, 1.54) is 0 Å². The molecule has 0 aromatic heterocycles. The minimum Gasteiger partial charge on any atom is -0.508 e. The Hall–Kier alpha value is -2.68. The van der Waals surface area contributed by atoms with Crippen molar-refractivity contribution in [1.29, 1.82) is 0 Å². The van der Waals surface area contributed by atoms with Crippen LogP contribution in [0.4, 0.5) is 0 Å². The van der Waals surface area contributed by atoms with Crippen molar-refractivity contribution in [2.24, 2.45) is 0 Å². The van der Waals surface area contributed by atoms with Crippen molar-refractivity contribution in [3.8, 4) is 17.2 Å². The van der Waals surface area contributed by atoms with Crippen molar-refractivity contribution in [3.63, 3.8) is 0 Å². The molecule has 3 rings (SSSR count). The van der Waals surface area contributed by atoms with Gasteiger partial charge < -0.3 is 14.9 Å². The van der Waals surface area contributed by atoms with Gasteiger partial charge >= 0.3 is 0 Å². The van der Waals surface area contributed by atoms with Crippen LogP contribution in [0.3, 0.4) is 0 Å².